The molecule has 0 saturated heterocycles. The Morgan fingerprint density at radius 3 is 2.35 bits per heavy atom. The van der Waals surface area contributed by atoms with Gasteiger partial charge in [-0.2, -0.15) is 0 Å². The van der Waals surface area contributed by atoms with Gasteiger partial charge in [-0.25, -0.2) is 4.79 Å². The number of halogens is 2. The van der Waals surface area contributed by atoms with Crippen LogP contribution < -0.4 is 4.74 Å². The Hall–Kier alpha value is -1.45. The molecule has 9 heteroatoms. The van der Waals surface area contributed by atoms with E-state index in [4.69, 9.17) is 9.84 Å². The summed E-state index contributed by atoms with van der Waals surface area (Å²) in [6, 6.07) is 5.57. The summed E-state index contributed by atoms with van der Waals surface area (Å²) in [5.41, 5.74) is -0.0893. The molecule has 0 amide bonds. The average Bonchev–Trinajstić information content (AvgIpc) is 2.82. The summed E-state index contributed by atoms with van der Waals surface area (Å²) < 4.78 is 6.33. The lowest BCUT2D eigenvalue weighted by Crippen LogP contribution is -1.91. The second-order valence-corrected chi connectivity index (χ2v) is 6.28. The molecule has 1 heterocycles. The Balaban J connectivity index is 2.33. The number of carboxylic acids is 1. The third-order valence-corrected chi connectivity index (χ3v) is 4.32. The zero-order chi connectivity index (χ0) is 14.9. The molecule has 0 aliphatic carbocycles. The number of thiophene rings is 1. The van der Waals surface area contributed by atoms with E-state index in [0.29, 0.717) is 19.8 Å². The highest BCUT2D eigenvalue weighted by molar-refractivity contribution is 9.11. The van der Waals surface area contributed by atoms with Crippen LogP contribution in [-0.2, 0) is 0 Å². The molecule has 2 rings (SSSR count). The van der Waals surface area contributed by atoms with Crippen LogP contribution in [0.3, 0.4) is 0 Å². The molecule has 6 nitrogen and oxygen atoms in total. The number of aromatic carboxylic acids is 1. The van der Waals surface area contributed by atoms with Gasteiger partial charge in [0.2, 0.25) is 0 Å². The molecule has 0 saturated carbocycles. The van der Waals surface area contributed by atoms with Gasteiger partial charge in [-0.3, -0.25) is 10.1 Å². The molecule has 0 unspecified atom stereocenters. The van der Waals surface area contributed by atoms with Crippen LogP contribution in [0, 0.1) is 10.1 Å². The Bertz CT molecular complexity index is 677. The normalized spacial score (nSPS) is 10.3. The van der Waals surface area contributed by atoms with Crippen molar-refractivity contribution >= 4 is 54.9 Å². The molecule has 0 fully saturated rings. The van der Waals surface area contributed by atoms with E-state index in [-0.39, 0.29) is 10.6 Å². The number of nitro groups is 1. The molecule has 1 aromatic carbocycles. The first kappa shape index (κ1) is 14.9. The second-order valence-electron chi connectivity index (χ2n) is 3.52. The van der Waals surface area contributed by atoms with Crippen LogP contribution in [0.15, 0.2) is 33.2 Å². The zero-order valence-corrected chi connectivity index (χ0v) is 13.5. The molecule has 0 aliphatic heterocycles. The van der Waals surface area contributed by atoms with Crippen molar-refractivity contribution in [3.8, 4) is 10.8 Å². The molecule has 0 bridgehead atoms. The van der Waals surface area contributed by atoms with E-state index < -0.39 is 10.9 Å². The molecule has 104 valence electrons. The SMILES string of the molecule is O=C(O)c1ccc(Oc2c(Br)cc([N+](=O)[O-])cc2Br)s1. The van der Waals surface area contributed by atoms with Crippen molar-refractivity contribution in [1.29, 1.82) is 0 Å². The lowest BCUT2D eigenvalue weighted by Gasteiger charge is -2.07. The van der Waals surface area contributed by atoms with Crippen molar-refractivity contribution in [2.45, 2.75) is 0 Å². The van der Waals surface area contributed by atoms with E-state index >= 15 is 0 Å². The van der Waals surface area contributed by atoms with Gasteiger partial charge in [0.15, 0.2) is 10.8 Å². The van der Waals surface area contributed by atoms with Crippen LogP contribution in [0.5, 0.6) is 10.8 Å². The van der Waals surface area contributed by atoms with Crippen LogP contribution in [0.1, 0.15) is 9.67 Å². The van der Waals surface area contributed by atoms with Crippen molar-refractivity contribution in [3.63, 3.8) is 0 Å². The Kier molecular flexibility index (Phi) is 4.41. The van der Waals surface area contributed by atoms with Gasteiger partial charge in [0, 0.05) is 12.1 Å². The number of non-ortho nitro benzene ring substituents is 1. The first-order valence-corrected chi connectivity index (χ1v) is 7.43. The quantitative estimate of drug-likeness (QED) is 0.571. The Morgan fingerprint density at radius 1 is 1.30 bits per heavy atom. The van der Waals surface area contributed by atoms with E-state index in [1.165, 1.54) is 24.3 Å². The minimum atomic E-state index is -1.04. The molecule has 2 aromatic rings. The number of rotatable bonds is 4. The number of hydrogen-bond acceptors (Lipinski definition) is 5. The molecule has 0 radical (unpaired) electrons. The molecular weight excluding hydrogens is 418 g/mol. The van der Waals surface area contributed by atoms with Gasteiger partial charge in [0.1, 0.15) is 4.88 Å². The standard InChI is InChI=1S/C11H5Br2NO5S/c12-6-3-5(14(17)18)4-7(13)10(6)19-9-2-1-8(20-9)11(15)16/h1-4H,(H,15,16). The van der Waals surface area contributed by atoms with E-state index in [9.17, 15) is 14.9 Å². The lowest BCUT2D eigenvalue weighted by molar-refractivity contribution is -0.385. The zero-order valence-electron chi connectivity index (χ0n) is 9.50. The summed E-state index contributed by atoms with van der Waals surface area (Å²) in [7, 11) is 0. The van der Waals surface area contributed by atoms with Gasteiger partial charge >= 0.3 is 5.97 Å². The van der Waals surface area contributed by atoms with Crippen LogP contribution in [0.2, 0.25) is 0 Å². The molecule has 0 atom stereocenters. The fourth-order valence-corrected chi connectivity index (χ4v) is 3.37. The largest absolute Gasteiger partial charge is 0.477 e. The van der Waals surface area contributed by atoms with E-state index in [1.54, 1.807) is 0 Å². The predicted molar refractivity (Wildman–Crippen MR) is 79.8 cm³/mol. The van der Waals surface area contributed by atoms with Crippen LogP contribution in [-0.4, -0.2) is 16.0 Å². The molecule has 0 aliphatic rings. The van der Waals surface area contributed by atoms with Crippen molar-refractivity contribution in [2.75, 3.05) is 0 Å². The lowest BCUT2D eigenvalue weighted by atomic mass is 10.3. The highest BCUT2D eigenvalue weighted by Crippen LogP contribution is 2.41. The third kappa shape index (κ3) is 3.17. The number of hydrogen-bond donors (Lipinski definition) is 1. The van der Waals surface area contributed by atoms with Crippen molar-refractivity contribution in [1.82, 2.24) is 0 Å². The van der Waals surface area contributed by atoms with E-state index in [2.05, 4.69) is 31.9 Å². The second kappa shape index (κ2) is 5.90. The number of benzene rings is 1. The number of carbonyl (C=O) groups is 1. The Labute approximate surface area is 133 Å². The predicted octanol–water partition coefficient (Wildman–Crippen LogP) is 4.67. The van der Waals surface area contributed by atoms with Crippen molar-refractivity contribution < 1.29 is 19.6 Å². The van der Waals surface area contributed by atoms with Gasteiger partial charge in [0.25, 0.3) is 5.69 Å². The summed E-state index contributed by atoms with van der Waals surface area (Å²) >= 11 is 7.34. The maximum Gasteiger partial charge on any atom is 0.345 e. The third-order valence-electron chi connectivity index (χ3n) is 2.19. The summed E-state index contributed by atoms with van der Waals surface area (Å²) in [5, 5.41) is 19.9. The topological polar surface area (TPSA) is 89.7 Å². The van der Waals surface area contributed by atoms with Gasteiger partial charge < -0.3 is 9.84 Å². The molecular formula is C11H5Br2NO5S. The first-order chi connectivity index (χ1) is 9.38. The fourth-order valence-electron chi connectivity index (χ4n) is 1.34. The van der Waals surface area contributed by atoms with Gasteiger partial charge in [-0.1, -0.05) is 11.3 Å². The fraction of sp³-hybridized carbons (Fsp3) is 0. The first-order valence-electron chi connectivity index (χ1n) is 5.03. The monoisotopic (exact) mass is 421 g/mol. The number of ether oxygens (including phenoxy) is 1. The van der Waals surface area contributed by atoms with Gasteiger partial charge in [-0.15, -0.1) is 0 Å². The van der Waals surface area contributed by atoms with Crippen LogP contribution in [0.4, 0.5) is 5.69 Å². The van der Waals surface area contributed by atoms with Gasteiger partial charge in [-0.05, 0) is 44.0 Å². The molecule has 1 N–H and O–H groups in total. The van der Waals surface area contributed by atoms with Crippen LogP contribution in [0.25, 0.3) is 0 Å². The Morgan fingerprint density at radius 2 is 1.90 bits per heavy atom. The van der Waals surface area contributed by atoms with E-state index in [1.807, 2.05) is 0 Å². The number of carboxylic acid groups (broad SMARTS) is 1. The van der Waals surface area contributed by atoms with Crippen molar-refractivity contribution in [2.24, 2.45) is 0 Å². The van der Waals surface area contributed by atoms with Gasteiger partial charge in [0.05, 0.1) is 13.9 Å². The highest BCUT2D eigenvalue weighted by Gasteiger charge is 2.17. The summed E-state index contributed by atoms with van der Waals surface area (Å²) in [5.74, 6) is -0.693. The average molecular weight is 423 g/mol. The van der Waals surface area contributed by atoms with E-state index in [0.717, 1.165) is 11.3 Å². The smallest absolute Gasteiger partial charge is 0.345 e. The minimum absolute atomic E-state index is 0.0893. The number of nitrogens with zero attached hydrogens (tertiary/aromatic N) is 1. The van der Waals surface area contributed by atoms with Crippen molar-refractivity contribution in [3.05, 3.63) is 48.2 Å². The molecule has 1 aromatic heterocycles. The molecule has 0 spiro atoms. The number of nitro benzene ring substituents is 1. The maximum atomic E-state index is 10.8. The minimum Gasteiger partial charge on any atom is -0.477 e. The van der Waals surface area contributed by atoms with Crippen LogP contribution >= 0.6 is 43.2 Å². The summed E-state index contributed by atoms with van der Waals surface area (Å²) in [6.45, 7) is 0. The summed E-state index contributed by atoms with van der Waals surface area (Å²) in [6.07, 6.45) is 0. The molecule has 20 heavy (non-hydrogen) atoms. The maximum absolute atomic E-state index is 10.8. The highest BCUT2D eigenvalue weighted by atomic mass is 79.9. The summed E-state index contributed by atoms with van der Waals surface area (Å²) in [4.78, 5) is 21.1.